The van der Waals surface area contributed by atoms with E-state index in [0.29, 0.717) is 0 Å². The first-order valence-electron chi connectivity index (χ1n) is 6.20. The van der Waals surface area contributed by atoms with Crippen molar-refractivity contribution in [2.75, 3.05) is 25.0 Å². The second-order valence-corrected chi connectivity index (χ2v) is 5.10. The number of aryl methyl sites for hydroxylation is 2. The lowest BCUT2D eigenvalue weighted by molar-refractivity contribution is -0.141. The highest BCUT2D eigenvalue weighted by molar-refractivity contribution is 5.89. The Balaban J connectivity index is 2.39. The Hall–Kier alpha value is -2.04. The van der Waals surface area contributed by atoms with Gasteiger partial charge in [0.25, 0.3) is 0 Å². The second kappa shape index (κ2) is 4.91. The van der Waals surface area contributed by atoms with E-state index in [1.165, 1.54) is 4.90 Å². The summed E-state index contributed by atoms with van der Waals surface area (Å²) in [5, 5.41) is 9.33. The first-order chi connectivity index (χ1) is 8.88. The van der Waals surface area contributed by atoms with Gasteiger partial charge < -0.3 is 14.9 Å². The van der Waals surface area contributed by atoms with Gasteiger partial charge in [-0.3, -0.25) is 4.79 Å². The smallest absolute Gasteiger partial charge is 0.328 e. The molecular formula is C14H18N2O3. The molecule has 0 saturated carbocycles. The van der Waals surface area contributed by atoms with Gasteiger partial charge in [-0.25, -0.2) is 4.79 Å². The molecule has 1 fully saturated rings. The molecule has 0 spiro atoms. The number of aliphatic carboxylic acids is 1. The third-order valence-corrected chi connectivity index (χ3v) is 3.38. The molecule has 0 bridgehead atoms. The number of carboxylic acid groups (broad SMARTS) is 1. The zero-order chi connectivity index (χ0) is 14.2. The monoisotopic (exact) mass is 262 g/mol. The molecule has 1 heterocycles. The summed E-state index contributed by atoms with van der Waals surface area (Å²) in [4.78, 5) is 26.3. The maximum atomic E-state index is 11.8. The lowest BCUT2D eigenvalue weighted by atomic mass is 10.1. The van der Waals surface area contributed by atoms with E-state index in [-0.39, 0.29) is 19.0 Å². The number of anilines is 1. The fraction of sp³-hybridized carbons (Fsp3) is 0.429. The van der Waals surface area contributed by atoms with E-state index >= 15 is 0 Å². The summed E-state index contributed by atoms with van der Waals surface area (Å²) in [6, 6.07) is 5.17. The van der Waals surface area contributed by atoms with Crippen LogP contribution in [0.4, 0.5) is 5.69 Å². The third-order valence-electron chi connectivity index (χ3n) is 3.38. The fourth-order valence-corrected chi connectivity index (χ4v) is 2.44. The van der Waals surface area contributed by atoms with Crippen LogP contribution in [0, 0.1) is 13.8 Å². The van der Waals surface area contributed by atoms with Crippen molar-refractivity contribution in [1.82, 2.24) is 4.90 Å². The molecule has 1 unspecified atom stereocenters. The number of carboxylic acids is 1. The highest BCUT2D eigenvalue weighted by atomic mass is 16.4. The molecule has 0 radical (unpaired) electrons. The van der Waals surface area contributed by atoms with Gasteiger partial charge in [0.2, 0.25) is 5.91 Å². The van der Waals surface area contributed by atoms with Crippen LogP contribution in [0.3, 0.4) is 0 Å². The number of hydrogen-bond acceptors (Lipinski definition) is 3. The van der Waals surface area contributed by atoms with Crippen LogP contribution in [-0.4, -0.2) is 48.1 Å². The largest absolute Gasteiger partial charge is 0.480 e. The quantitative estimate of drug-likeness (QED) is 0.865. The van der Waals surface area contributed by atoms with Gasteiger partial charge in [0.15, 0.2) is 0 Å². The van der Waals surface area contributed by atoms with Crippen molar-refractivity contribution < 1.29 is 14.7 Å². The van der Waals surface area contributed by atoms with Crippen LogP contribution in [0.15, 0.2) is 18.2 Å². The molecule has 1 N–H and O–H groups in total. The summed E-state index contributed by atoms with van der Waals surface area (Å²) in [7, 11) is 1.64. The Kier molecular flexibility index (Phi) is 3.46. The summed E-state index contributed by atoms with van der Waals surface area (Å²) < 4.78 is 0. The average Bonchev–Trinajstić information content (AvgIpc) is 2.30. The van der Waals surface area contributed by atoms with Gasteiger partial charge in [-0.15, -0.1) is 0 Å². The Bertz CT molecular complexity index is 507. The van der Waals surface area contributed by atoms with E-state index in [0.717, 1.165) is 16.8 Å². The highest BCUT2D eigenvalue weighted by Gasteiger charge is 2.35. The SMILES string of the molecule is Cc1cc(C)cc(N2CC(=O)N(C)CC2C(=O)O)c1. The highest BCUT2D eigenvalue weighted by Crippen LogP contribution is 2.23. The van der Waals surface area contributed by atoms with Crippen molar-refractivity contribution >= 4 is 17.6 Å². The van der Waals surface area contributed by atoms with Crippen LogP contribution in [0.2, 0.25) is 0 Å². The predicted octanol–water partition coefficient (Wildman–Crippen LogP) is 1.04. The average molecular weight is 262 g/mol. The minimum Gasteiger partial charge on any atom is -0.480 e. The van der Waals surface area contributed by atoms with E-state index in [1.54, 1.807) is 11.9 Å². The molecule has 1 aromatic rings. The summed E-state index contributed by atoms with van der Waals surface area (Å²) >= 11 is 0. The number of carbonyl (C=O) groups is 2. The minimum atomic E-state index is -0.904. The van der Waals surface area contributed by atoms with Gasteiger partial charge >= 0.3 is 5.97 Å². The van der Waals surface area contributed by atoms with Gasteiger partial charge in [-0.1, -0.05) is 6.07 Å². The molecule has 5 nitrogen and oxygen atoms in total. The van der Waals surface area contributed by atoms with Gasteiger partial charge in [0.05, 0.1) is 13.1 Å². The maximum absolute atomic E-state index is 11.8. The number of piperazine rings is 1. The molecule has 1 amide bonds. The molecule has 1 aliphatic heterocycles. The Labute approximate surface area is 112 Å². The Morgan fingerprint density at radius 1 is 1.26 bits per heavy atom. The van der Waals surface area contributed by atoms with Crippen molar-refractivity contribution in [3.8, 4) is 0 Å². The van der Waals surface area contributed by atoms with Crippen molar-refractivity contribution in [2.45, 2.75) is 19.9 Å². The molecule has 1 atom stereocenters. The number of likely N-dealkylation sites (N-methyl/N-ethyl adjacent to an activating group) is 1. The van der Waals surface area contributed by atoms with Crippen molar-refractivity contribution in [3.63, 3.8) is 0 Å². The molecule has 5 heteroatoms. The molecule has 0 aromatic heterocycles. The van der Waals surface area contributed by atoms with Crippen LogP contribution in [0.25, 0.3) is 0 Å². The van der Waals surface area contributed by atoms with Gasteiger partial charge in [0.1, 0.15) is 6.04 Å². The van der Waals surface area contributed by atoms with Crippen LogP contribution in [0.5, 0.6) is 0 Å². The lowest BCUT2D eigenvalue weighted by Crippen LogP contribution is -2.58. The molecule has 102 valence electrons. The molecule has 1 aromatic carbocycles. The molecule has 1 aliphatic rings. The standard InChI is InChI=1S/C14H18N2O3/c1-9-4-10(2)6-11(5-9)16-8-13(17)15(3)7-12(16)14(18)19/h4-6,12H,7-8H2,1-3H3,(H,18,19). The number of nitrogens with zero attached hydrogens (tertiary/aromatic N) is 2. The van der Waals surface area contributed by atoms with Crippen molar-refractivity contribution in [2.24, 2.45) is 0 Å². The van der Waals surface area contributed by atoms with E-state index in [9.17, 15) is 14.7 Å². The summed E-state index contributed by atoms with van der Waals surface area (Å²) in [6.45, 7) is 4.24. The van der Waals surface area contributed by atoms with Crippen molar-refractivity contribution in [3.05, 3.63) is 29.3 Å². The zero-order valence-corrected chi connectivity index (χ0v) is 11.4. The number of hydrogen-bond donors (Lipinski definition) is 1. The Morgan fingerprint density at radius 3 is 2.37 bits per heavy atom. The molecule has 0 aliphatic carbocycles. The maximum Gasteiger partial charge on any atom is 0.328 e. The van der Waals surface area contributed by atoms with Gasteiger partial charge in [-0.2, -0.15) is 0 Å². The van der Waals surface area contributed by atoms with Crippen LogP contribution in [-0.2, 0) is 9.59 Å². The summed E-state index contributed by atoms with van der Waals surface area (Å²) in [5.41, 5.74) is 2.92. The summed E-state index contributed by atoms with van der Waals surface area (Å²) in [5.74, 6) is -0.963. The molecule has 19 heavy (non-hydrogen) atoms. The number of benzene rings is 1. The van der Waals surface area contributed by atoms with E-state index in [4.69, 9.17) is 0 Å². The van der Waals surface area contributed by atoms with Crippen LogP contribution in [0.1, 0.15) is 11.1 Å². The first kappa shape index (κ1) is 13.4. The number of rotatable bonds is 2. The minimum absolute atomic E-state index is 0.0586. The van der Waals surface area contributed by atoms with Gasteiger partial charge in [0, 0.05) is 12.7 Å². The van der Waals surface area contributed by atoms with Gasteiger partial charge in [-0.05, 0) is 37.1 Å². The predicted molar refractivity (Wildman–Crippen MR) is 72.3 cm³/mol. The zero-order valence-electron chi connectivity index (χ0n) is 11.4. The van der Waals surface area contributed by atoms with E-state index in [1.807, 2.05) is 32.0 Å². The van der Waals surface area contributed by atoms with E-state index in [2.05, 4.69) is 0 Å². The molecule has 2 rings (SSSR count). The third kappa shape index (κ3) is 2.70. The normalized spacial score (nSPS) is 19.7. The molecular weight excluding hydrogens is 244 g/mol. The fourth-order valence-electron chi connectivity index (χ4n) is 2.44. The second-order valence-electron chi connectivity index (χ2n) is 5.10. The van der Waals surface area contributed by atoms with Crippen LogP contribution >= 0.6 is 0 Å². The van der Waals surface area contributed by atoms with E-state index < -0.39 is 12.0 Å². The first-order valence-corrected chi connectivity index (χ1v) is 6.20. The molecule has 1 saturated heterocycles. The topological polar surface area (TPSA) is 60.9 Å². The van der Waals surface area contributed by atoms with Crippen molar-refractivity contribution in [1.29, 1.82) is 0 Å². The summed E-state index contributed by atoms with van der Waals surface area (Å²) in [6.07, 6.45) is 0. The number of amides is 1. The number of carbonyl (C=O) groups excluding carboxylic acids is 1. The Morgan fingerprint density at radius 2 is 1.84 bits per heavy atom. The van der Waals surface area contributed by atoms with Crippen LogP contribution < -0.4 is 4.90 Å². The lowest BCUT2D eigenvalue weighted by Gasteiger charge is -2.38.